The third-order valence-corrected chi connectivity index (χ3v) is 3.35. The van der Waals surface area contributed by atoms with E-state index in [4.69, 9.17) is 10.2 Å². The average molecular weight is 280 g/mol. The van der Waals surface area contributed by atoms with E-state index in [2.05, 4.69) is 5.32 Å². The van der Waals surface area contributed by atoms with Gasteiger partial charge in [0.25, 0.3) is 6.43 Å². The molecule has 19 heavy (non-hydrogen) atoms. The molecular formula is C12H22F2N2O3. The van der Waals surface area contributed by atoms with Gasteiger partial charge in [-0.15, -0.1) is 0 Å². The molecule has 0 spiro atoms. The Kier molecular flexibility index (Phi) is 7.19. The number of aliphatic carboxylic acids is 1. The van der Waals surface area contributed by atoms with Crippen molar-refractivity contribution in [3.63, 3.8) is 0 Å². The molecule has 0 bridgehead atoms. The molecule has 1 heterocycles. The Labute approximate surface area is 111 Å². The minimum atomic E-state index is -2.38. The molecule has 7 heteroatoms. The van der Waals surface area contributed by atoms with E-state index < -0.39 is 12.4 Å². The molecule has 0 amide bonds. The lowest BCUT2D eigenvalue weighted by Gasteiger charge is -2.38. The second kappa shape index (κ2) is 8.39. The lowest BCUT2D eigenvalue weighted by atomic mass is 9.91. The van der Waals surface area contributed by atoms with Gasteiger partial charge >= 0.3 is 5.97 Å². The second-order valence-corrected chi connectivity index (χ2v) is 5.01. The van der Waals surface area contributed by atoms with Crippen molar-refractivity contribution in [1.82, 2.24) is 10.2 Å². The van der Waals surface area contributed by atoms with Crippen LogP contribution in [0.2, 0.25) is 0 Å². The Morgan fingerprint density at radius 1 is 1.42 bits per heavy atom. The molecule has 112 valence electrons. The highest BCUT2D eigenvalue weighted by atomic mass is 19.3. The quantitative estimate of drug-likeness (QED) is 0.600. The molecule has 1 fully saturated rings. The van der Waals surface area contributed by atoms with Gasteiger partial charge in [-0.1, -0.05) is 0 Å². The number of halogens is 2. The summed E-state index contributed by atoms with van der Waals surface area (Å²) in [6.07, 6.45) is -0.966. The molecule has 5 nitrogen and oxygen atoms in total. The molecule has 0 aliphatic carbocycles. The van der Waals surface area contributed by atoms with Gasteiger partial charge in [0, 0.05) is 32.3 Å². The van der Waals surface area contributed by atoms with Crippen molar-refractivity contribution in [3.8, 4) is 0 Å². The predicted octanol–water partition coefficient (Wildman–Crippen LogP) is 0.389. The number of carboxylic acids is 1. The van der Waals surface area contributed by atoms with Gasteiger partial charge in [-0.3, -0.25) is 4.79 Å². The number of carbonyl (C=O) groups is 1. The summed E-state index contributed by atoms with van der Waals surface area (Å²) in [4.78, 5) is 12.5. The molecule has 0 aromatic heterocycles. The number of hydrogen-bond donors (Lipinski definition) is 3. The van der Waals surface area contributed by atoms with Gasteiger partial charge in [0.1, 0.15) is 0 Å². The van der Waals surface area contributed by atoms with Crippen molar-refractivity contribution in [1.29, 1.82) is 0 Å². The van der Waals surface area contributed by atoms with Crippen LogP contribution in [-0.4, -0.2) is 66.3 Å². The highest BCUT2D eigenvalue weighted by Gasteiger charge is 2.27. The van der Waals surface area contributed by atoms with Crippen LogP contribution >= 0.6 is 0 Å². The highest BCUT2D eigenvalue weighted by Crippen LogP contribution is 2.20. The van der Waals surface area contributed by atoms with Crippen LogP contribution in [0.4, 0.5) is 8.78 Å². The van der Waals surface area contributed by atoms with Crippen molar-refractivity contribution in [3.05, 3.63) is 0 Å². The van der Waals surface area contributed by atoms with Crippen molar-refractivity contribution in [2.24, 2.45) is 5.92 Å². The summed E-state index contributed by atoms with van der Waals surface area (Å²) >= 11 is 0. The van der Waals surface area contributed by atoms with Crippen molar-refractivity contribution in [2.45, 2.75) is 31.7 Å². The first-order valence-corrected chi connectivity index (χ1v) is 6.57. The third kappa shape index (κ3) is 6.79. The lowest BCUT2D eigenvalue weighted by Crippen LogP contribution is -2.50. The van der Waals surface area contributed by atoms with Crippen molar-refractivity contribution in [2.75, 3.05) is 32.8 Å². The predicted molar refractivity (Wildman–Crippen MR) is 66.3 cm³/mol. The van der Waals surface area contributed by atoms with Gasteiger partial charge in [-0.2, -0.15) is 0 Å². The van der Waals surface area contributed by atoms with E-state index in [9.17, 15) is 13.6 Å². The lowest BCUT2D eigenvalue weighted by molar-refractivity contribution is -0.137. The SMILES string of the molecule is O=C(O)CCN1CC(CCO)CC(NCC(F)F)C1. The number of alkyl halides is 2. The third-order valence-electron chi connectivity index (χ3n) is 3.35. The van der Waals surface area contributed by atoms with Gasteiger partial charge in [0.2, 0.25) is 0 Å². The second-order valence-electron chi connectivity index (χ2n) is 5.01. The summed E-state index contributed by atoms with van der Waals surface area (Å²) in [6, 6.07) is -0.0619. The monoisotopic (exact) mass is 280 g/mol. The standard InChI is InChI=1S/C12H22F2N2O3/c13-11(14)6-15-10-5-9(2-4-17)7-16(8-10)3-1-12(18)19/h9-11,15,17H,1-8H2,(H,18,19). The Hall–Kier alpha value is -0.790. The van der Waals surface area contributed by atoms with E-state index in [0.29, 0.717) is 19.5 Å². The fourth-order valence-electron chi connectivity index (χ4n) is 2.53. The number of nitrogens with one attached hydrogen (secondary N) is 1. The van der Waals surface area contributed by atoms with E-state index in [-0.39, 0.29) is 31.5 Å². The number of hydrogen-bond acceptors (Lipinski definition) is 4. The minimum absolute atomic E-state index is 0.0490. The molecule has 2 atom stereocenters. The molecule has 3 N–H and O–H groups in total. The number of nitrogens with zero attached hydrogens (tertiary/aromatic N) is 1. The van der Waals surface area contributed by atoms with E-state index in [1.807, 2.05) is 4.90 Å². The van der Waals surface area contributed by atoms with E-state index in [1.165, 1.54) is 0 Å². The molecule has 0 aromatic rings. The maximum Gasteiger partial charge on any atom is 0.304 e. The molecule has 1 aliphatic heterocycles. The molecule has 0 saturated carbocycles. The van der Waals surface area contributed by atoms with Crippen LogP contribution in [-0.2, 0) is 4.79 Å². The molecule has 0 aromatic carbocycles. The molecule has 1 aliphatic rings. The highest BCUT2D eigenvalue weighted by molar-refractivity contribution is 5.66. The summed E-state index contributed by atoms with van der Waals surface area (Å²) in [5.41, 5.74) is 0. The maximum absolute atomic E-state index is 12.2. The zero-order valence-electron chi connectivity index (χ0n) is 10.9. The summed E-state index contributed by atoms with van der Waals surface area (Å²) in [6.45, 7) is 1.45. The molecule has 1 rings (SSSR count). The van der Waals surface area contributed by atoms with Crippen LogP contribution in [0.15, 0.2) is 0 Å². The Morgan fingerprint density at radius 3 is 2.74 bits per heavy atom. The summed E-state index contributed by atoms with van der Waals surface area (Å²) in [7, 11) is 0. The number of aliphatic hydroxyl groups excluding tert-OH is 1. The van der Waals surface area contributed by atoms with Gasteiger partial charge in [0.15, 0.2) is 0 Å². The Morgan fingerprint density at radius 2 is 2.16 bits per heavy atom. The number of carboxylic acid groups (broad SMARTS) is 1. The van der Waals surface area contributed by atoms with Gasteiger partial charge < -0.3 is 20.4 Å². The number of likely N-dealkylation sites (tertiary alicyclic amines) is 1. The zero-order chi connectivity index (χ0) is 14.3. The number of piperidine rings is 1. The van der Waals surface area contributed by atoms with Crippen LogP contribution in [0, 0.1) is 5.92 Å². The van der Waals surface area contributed by atoms with Crippen LogP contribution < -0.4 is 5.32 Å². The van der Waals surface area contributed by atoms with Crippen molar-refractivity contribution < 1.29 is 23.8 Å². The summed E-state index contributed by atoms with van der Waals surface area (Å²) in [5, 5.41) is 20.5. The first kappa shape index (κ1) is 16.3. The van der Waals surface area contributed by atoms with Crippen molar-refractivity contribution >= 4 is 5.97 Å². The fraction of sp³-hybridized carbons (Fsp3) is 0.917. The number of rotatable bonds is 8. The molecule has 1 saturated heterocycles. The topological polar surface area (TPSA) is 72.8 Å². The van der Waals surface area contributed by atoms with Crippen LogP contribution in [0.3, 0.4) is 0 Å². The maximum atomic E-state index is 12.2. The van der Waals surface area contributed by atoms with Gasteiger partial charge in [-0.05, 0) is 18.8 Å². The minimum Gasteiger partial charge on any atom is -0.481 e. The van der Waals surface area contributed by atoms with Crippen LogP contribution in [0.5, 0.6) is 0 Å². The first-order valence-electron chi connectivity index (χ1n) is 6.57. The van der Waals surface area contributed by atoms with Crippen LogP contribution in [0.1, 0.15) is 19.3 Å². The molecule has 0 radical (unpaired) electrons. The number of aliphatic hydroxyl groups is 1. The van der Waals surface area contributed by atoms with Gasteiger partial charge in [-0.25, -0.2) is 8.78 Å². The average Bonchev–Trinajstić information content (AvgIpc) is 2.34. The summed E-state index contributed by atoms with van der Waals surface area (Å²) < 4.78 is 24.4. The van der Waals surface area contributed by atoms with E-state index in [0.717, 1.165) is 13.0 Å². The summed E-state index contributed by atoms with van der Waals surface area (Å²) in [5.74, 6) is -0.635. The Balaban J connectivity index is 2.44. The molecule has 2 unspecified atom stereocenters. The van der Waals surface area contributed by atoms with E-state index in [1.54, 1.807) is 0 Å². The fourth-order valence-corrected chi connectivity index (χ4v) is 2.53. The van der Waals surface area contributed by atoms with Gasteiger partial charge in [0.05, 0.1) is 13.0 Å². The smallest absolute Gasteiger partial charge is 0.304 e. The normalized spacial score (nSPS) is 24.8. The zero-order valence-corrected chi connectivity index (χ0v) is 10.9. The van der Waals surface area contributed by atoms with Crippen LogP contribution in [0.25, 0.3) is 0 Å². The molecular weight excluding hydrogens is 258 g/mol. The van der Waals surface area contributed by atoms with E-state index >= 15 is 0 Å². The first-order chi connectivity index (χ1) is 9.01. The largest absolute Gasteiger partial charge is 0.481 e. The Bertz CT molecular complexity index is 280.